The first-order valence-corrected chi connectivity index (χ1v) is 7.78. The van der Waals surface area contributed by atoms with E-state index in [2.05, 4.69) is 24.0 Å². The average Bonchev–Trinajstić information content (AvgIpc) is 2.80. The Kier molecular flexibility index (Phi) is 4.83. The summed E-state index contributed by atoms with van der Waals surface area (Å²) in [5.41, 5.74) is 0. The monoisotopic (exact) mass is 227 g/mol. The third-order valence-electron chi connectivity index (χ3n) is 4.08. The highest BCUT2D eigenvalue weighted by Crippen LogP contribution is 2.28. The van der Waals surface area contributed by atoms with Gasteiger partial charge in [-0.15, -0.1) is 0 Å². The molecular formula is C13H25NS. The van der Waals surface area contributed by atoms with Crippen LogP contribution in [0.3, 0.4) is 0 Å². The lowest BCUT2D eigenvalue weighted by molar-refractivity contribution is 0.286. The highest BCUT2D eigenvalue weighted by Gasteiger charge is 2.21. The lowest BCUT2D eigenvalue weighted by Gasteiger charge is -2.29. The van der Waals surface area contributed by atoms with Gasteiger partial charge in [0.1, 0.15) is 0 Å². The molecule has 2 aliphatic rings. The van der Waals surface area contributed by atoms with E-state index in [1.165, 1.54) is 57.2 Å². The predicted molar refractivity (Wildman–Crippen MR) is 69.5 cm³/mol. The minimum atomic E-state index is 0.842. The number of hydrogen-bond acceptors (Lipinski definition) is 2. The lowest BCUT2D eigenvalue weighted by Crippen LogP contribution is -2.36. The summed E-state index contributed by atoms with van der Waals surface area (Å²) in [6.45, 7) is 3.61. The number of nitrogens with one attached hydrogen (secondary N) is 1. The first-order chi connectivity index (χ1) is 7.38. The predicted octanol–water partition coefficient (Wildman–Crippen LogP) is 3.44. The van der Waals surface area contributed by atoms with Gasteiger partial charge in [0.25, 0.3) is 0 Å². The van der Waals surface area contributed by atoms with Crippen LogP contribution >= 0.6 is 11.8 Å². The van der Waals surface area contributed by atoms with Crippen LogP contribution in [0.25, 0.3) is 0 Å². The molecule has 0 spiro atoms. The minimum absolute atomic E-state index is 0.842. The number of rotatable bonds is 4. The molecule has 0 amide bonds. The van der Waals surface area contributed by atoms with Crippen LogP contribution < -0.4 is 5.32 Å². The van der Waals surface area contributed by atoms with E-state index in [1.807, 2.05) is 0 Å². The van der Waals surface area contributed by atoms with Gasteiger partial charge in [0.2, 0.25) is 0 Å². The molecule has 1 heterocycles. The van der Waals surface area contributed by atoms with Crippen molar-refractivity contribution in [3.05, 3.63) is 0 Å². The van der Waals surface area contributed by atoms with Gasteiger partial charge in [-0.2, -0.15) is 11.8 Å². The largest absolute Gasteiger partial charge is 0.313 e. The van der Waals surface area contributed by atoms with Gasteiger partial charge in [-0.25, -0.2) is 0 Å². The number of thioether (sulfide) groups is 1. The van der Waals surface area contributed by atoms with Crippen LogP contribution in [-0.4, -0.2) is 23.6 Å². The van der Waals surface area contributed by atoms with Crippen LogP contribution in [0.2, 0.25) is 0 Å². The zero-order valence-corrected chi connectivity index (χ0v) is 10.8. The maximum Gasteiger partial charge on any atom is 0.0172 e. The normalized spacial score (nSPS) is 37.0. The summed E-state index contributed by atoms with van der Waals surface area (Å²) in [5, 5.41) is 4.71. The van der Waals surface area contributed by atoms with Crippen LogP contribution in [-0.2, 0) is 0 Å². The van der Waals surface area contributed by atoms with Gasteiger partial charge >= 0.3 is 0 Å². The van der Waals surface area contributed by atoms with E-state index in [4.69, 9.17) is 0 Å². The molecule has 1 aliphatic heterocycles. The quantitative estimate of drug-likeness (QED) is 0.789. The maximum atomic E-state index is 3.79. The average molecular weight is 227 g/mol. The van der Waals surface area contributed by atoms with Gasteiger partial charge in [-0.1, -0.05) is 13.3 Å². The Hall–Kier alpha value is 0.310. The molecule has 0 aromatic rings. The fourth-order valence-corrected chi connectivity index (χ4v) is 4.09. The van der Waals surface area contributed by atoms with E-state index in [9.17, 15) is 0 Å². The van der Waals surface area contributed by atoms with Crippen molar-refractivity contribution in [2.24, 2.45) is 5.92 Å². The summed E-state index contributed by atoms with van der Waals surface area (Å²) in [5.74, 6) is 2.43. The van der Waals surface area contributed by atoms with Crippen molar-refractivity contribution in [2.45, 2.75) is 63.2 Å². The SMILES string of the molecule is CCC1CCC(NCC2CCCS2)CC1. The molecule has 1 saturated heterocycles. The first-order valence-electron chi connectivity index (χ1n) is 6.73. The van der Waals surface area contributed by atoms with Gasteiger partial charge in [-0.05, 0) is 50.2 Å². The molecule has 0 aromatic heterocycles. The molecule has 1 aliphatic carbocycles. The maximum absolute atomic E-state index is 3.79. The Morgan fingerprint density at radius 1 is 1.13 bits per heavy atom. The standard InChI is InChI=1S/C13H25NS/c1-2-11-5-7-12(8-6-11)14-10-13-4-3-9-15-13/h11-14H,2-10H2,1H3. The zero-order chi connectivity index (χ0) is 10.5. The summed E-state index contributed by atoms with van der Waals surface area (Å²) in [6, 6.07) is 0.842. The molecule has 1 atom stereocenters. The van der Waals surface area contributed by atoms with Crippen LogP contribution in [0, 0.1) is 5.92 Å². The molecule has 2 fully saturated rings. The highest BCUT2D eigenvalue weighted by atomic mass is 32.2. The second kappa shape index (κ2) is 6.15. The van der Waals surface area contributed by atoms with E-state index in [-0.39, 0.29) is 0 Å². The molecule has 0 aromatic carbocycles. The van der Waals surface area contributed by atoms with Crippen molar-refractivity contribution < 1.29 is 0 Å². The van der Waals surface area contributed by atoms with Gasteiger partial charge in [0, 0.05) is 17.8 Å². The molecule has 1 saturated carbocycles. The van der Waals surface area contributed by atoms with Crippen molar-refractivity contribution in [1.82, 2.24) is 5.32 Å². The lowest BCUT2D eigenvalue weighted by atomic mass is 9.84. The zero-order valence-electron chi connectivity index (χ0n) is 10.0. The molecule has 88 valence electrons. The Morgan fingerprint density at radius 3 is 2.53 bits per heavy atom. The smallest absolute Gasteiger partial charge is 0.0172 e. The van der Waals surface area contributed by atoms with Gasteiger partial charge in [0.05, 0.1) is 0 Å². The van der Waals surface area contributed by atoms with Crippen molar-refractivity contribution in [3.63, 3.8) is 0 Å². The second-order valence-corrected chi connectivity index (χ2v) is 6.58. The molecule has 1 unspecified atom stereocenters. The molecule has 1 nitrogen and oxygen atoms in total. The fourth-order valence-electron chi connectivity index (χ4n) is 2.88. The summed E-state index contributed by atoms with van der Waals surface area (Å²) in [7, 11) is 0. The van der Waals surface area contributed by atoms with E-state index in [1.54, 1.807) is 0 Å². The Bertz CT molecular complexity index is 169. The fraction of sp³-hybridized carbons (Fsp3) is 1.00. The van der Waals surface area contributed by atoms with Crippen molar-refractivity contribution in [3.8, 4) is 0 Å². The van der Waals surface area contributed by atoms with Crippen molar-refractivity contribution in [2.75, 3.05) is 12.3 Å². The van der Waals surface area contributed by atoms with Crippen molar-refractivity contribution in [1.29, 1.82) is 0 Å². The molecule has 2 rings (SSSR count). The molecule has 0 bridgehead atoms. The number of hydrogen-bond donors (Lipinski definition) is 1. The molecule has 15 heavy (non-hydrogen) atoms. The summed E-state index contributed by atoms with van der Waals surface area (Å²) in [6.07, 6.45) is 10.1. The Labute approximate surface area is 98.8 Å². The third kappa shape index (κ3) is 3.67. The minimum Gasteiger partial charge on any atom is -0.313 e. The Balaban J connectivity index is 1.59. The molecular weight excluding hydrogens is 202 g/mol. The highest BCUT2D eigenvalue weighted by molar-refractivity contribution is 8.00. The van der Waals surface area contributed by atoms with Crippen LogP contribution in [0.4, 0.5) is 0 Å². The van der Waals surface area contributed by atoms with Crippen molar-refractivity contribution >= 4 is 11.8 Å². The van der Waals surface area contributed by atoms with Gasteiger partial charge < -0.3 is 5.32 Å². The third-order valence-corrected chi connectivity index (χ3v) is 5.48. The van der Waals surface area contributed by atoms with Crippen LogP contribution in [0.1, 0.15) is 51.9 Å². The second-order valence-electron chi connectivity index (χ2n) is 5.17. The van der Waals surface area contributed by atoms with E-state index >= 15 is 0 Å². The van der Waals surface area contributed by atoms with E-state index < -0.39 is 0 Å². The molecule has 0 radical (unpaired) electrons. The van der Waals surface area contributed by atoms with E-state index in [0.717, 1.165) is 17.2 Å². The molecule has 2 heteroatoms. The summed E-state index contributed by atoms with van der Waals surface area (Å²) < 4.78 is 0. The van der Waals surface area contributed by atoms with Crippen LogP contribution in [0.5, 0.6) is 0 Å². The van der Waals surface area contributed by atoms with Gasteiger partial charge in [0.15, 0.2) is 0 Å². The topological polar surface area (TPSA) is 12.0 Å². The Morgan fingerprint density at radius 2 is 1.93 bits per heavy atom. The van der Waals surface area contributed by atoms with Gasteiger partial charge in [-0.3, -0.25) is 0 Å². The molecule has 1 N–H and O–H groups in total. The first kappa shape index (κ1) is 11.8. The summed E-state index contributed by atoms with van der Waals surface area (Å²) >= 11 is 2.17. The van der Waals surface area contributed by atoms with E-state index in [0.29, 0.717) is 0 Å². The summed E-state index contributed by atoms with van der Waals surface area (Å²) in [4.78, 5) is 0. The van der Waals surface area contributed by atoms with Crippen LogP contribution in [0.15, 0.2) is 0 Å².